The molecule has 1 aliphatic rings. The molecule has 1 atom stereocenters. The van der Waals surface area contributed by atoms with Gasteiger partial charge in [-0.3, -0.25) is 0 Å². The smallest absolute Gasteiger partial charge is 0.119 e. The molecular weight excluding hydrogens is 246 g/mol. The molecule has 0 spiro atoms. The second-order valence-corrected chi connectivity index (χ2v) is 6.35. The van der Waals surface area contributed by atoms with Gasteiger partial charge in [-0.05, 0) is 69.7 Å². The van der Waals surface area contributed by atoms with E-state index >= 15 is 0 Å². The number of nitrogens with zero attached hydrogens (tertiary/aromatic N) is 1. The molecule has 2 heteroatoms. The largest absolute Gasteiger partial charge is 0.497 e. The maximum atomic E-state index is 5.29. The fourth-order valence-corrected chi connectivity index (χ4v) is 3.16. The number of hydrogen-bond donors (Lipinski definition) is 0. The summed E-state index contributed by atoms with van der Waals surface area (Å²) < 4.78 is 5.29. The highest BCUT2D eigenvalue weighted by atomic mass is 16.5. The monoisotopic (exact) mass is 275 g/mol. The molecule has 0 N–H and O–H groups in total. The molecule has 1 aromatic rings. The summed E-state index contributed by atoms with van der Waals surface area (Å²) in [5, 5.41) is 0. The first-order valence-corrected chi connectivity index (χ1v) is 7.99. The van der Waals surface area contributed by atoms with Crippen molar-refractivity contribution in [2.24, 2.45) is 5.92 Å². The molecule has 2 rings (SSSR count). The summed E-state index contributed by atoms with van der Waals surface area (Å²) in [6, 6.07) is 9.19. The maximum Gasteiger partial charge on any atom is 0.119 e. The van der Waals surface area contributed by atoms with Crippen molar-refractivity contribution in [1.29, 1.82) is 0 Å². The first kappa shape index (κ1) is 15.2. The Kier molecular flexibility index (Phi) is 4.62. The SMILES string of the molecule is CCC(C)(CC)N(c1ccc(OC)cc1)C(C)C1CC1. The molecule has 1 fully saturated rings. The van der Waals surface area contributed by atoms with Gasteiger partial charge in [0.1, 0.15) is 5.75 Å². The van der Waals surface area contributed by atoms with Crippen LogP contribution in [0.15, 0.2) is 24.3 Å². The minimum Gasteiger partial charge on any atom is -0.497 e. The Bertz CT molecular complexity index is 418. The van der Waals surface area contributed by atoms with E-state index in [0.717, 1.165) is 11.7 Å². The number of anilines is 1. The fraction of sp³-hybridized carbons (Fsp3) is 0.667. The van der Waals surface area contributed by atoms with Gasteiger partial charge in [-0.25, -0.2) is 0 Å². The Hall–Kier alpha value is -1.18. The molecule has 1 aromatic carbocycles. The summed E-state index contributed by atoms with van der Waals surface area (Å²) in [7, 11) is 1.72. The van der Waals surface area contributed by atoms with Gasteiger partial charge in [0.05, 0.1) is 7.11 Å². The number of methoxy groups -OCH3 is 1. The van der Waals surface area contributed by atoms with Gasteiger partial charge in [0.25, 0.3) is 0 Å². The summed E-state index contributed by atoms with van der Waals surface area (Å²) in [5.41, 5.74) is 1.56. The zero-order chi connectivity index (χ0) is 14.8. The molecule has 1 unspecified atom stereocenters. The molecule has 0 aromatic heterocycles. The van der Waals surface area contributed by atoms with Gasteiger partial charge < -0.3 is 9.64 Å². The van der Waals surface area contributed by atoms with Crippen LogP contribution < -0.4 is 9.64 Å². The summed E-state index contributed by atoms with van der Waals surface area (Å²) in [6.07, 6.45) is 5.12. The van der Waals surface area contributed by atoms with Crippen molar-refractivity contribution in [3.63, 3.8) is 0 Å². The third-order valence-electron chi connectivity index (χ3n) is 5.17. The number of rotatable bonds is 7. The lowest BCUT2D eigenvalue weighted by molar-refractivity contribution is 0.347. The van der Waals surface area contributed by atoms with Crippen molar-refractivity contribution < 1.29 is 4.74 Å². The summed E-state index contributed by atoms with van der Waals surface area (Å²) in [4.78, 5) is 2.66. The Morgan fingerprint density at radius 2 is 1.75 bits per heavy atom. The lowest BCUT2D eigenvalue weighted by Gasteiger charge is -2.46. The van der Waals surface area contributed by atoms with Crippen molar-refractivity contribution in [2.45, 2.75) is 65.0 Å². The Labute approximate surface area is 124 Å². The summed E-state index contributed by atoms with van der Waals surface area (Å²) >= 11 is 0. The van der Waals surface area contributed by atoms with Gasteiger partial charge >= 0.3 is 0 Å². The van der Waals surface area contributed by atoms with Gasteiger partial charge in [0, 0.05) is 17.3 Å². The molecule has 0 bridgehead atoms. The van der Waals surface area contributed by atoms with Crippen LogP contribution in [0.4, 0.5) is 5.69 Å². The molecule has 0 amide bonds. The van der Waals surface area contributed by atoms with Crippen molar-refractivity contribution in [2.75, 3.05) is 12.0 Å². The third kappa shape index (κ3) is 2.94. The quantitative estimate of drug-likeness (QED) is 0.703. The summed E-state index contributed by atoms with van der Waals surface area (Å²) in [5.74, 6) is 1.80. The fourth-order valence-electron chi connectivity index (χ4n) is 3.16. The zero-order valence-electron chi connectivity index (χ0n) is 13.6. The second kappa shape index (κ2) is 6.07. The molecule has 0 radical (unpaired) electrons. The Morgan fingerprint density at radius 3 is 2.15 bits per heavy atom. The van der Waals surface area contributed by atoms with Crippen molar-refractivity contribution >= 4 is 5.69 Å². The normalized spacial score (nSPS) is 16.9. The van der Waals surface area contributed by atoms with E-state index in [2.05, 4.69) is 56.9 Å². The van der Waals surface area contributed by atoms with Gasteiger partial charge in [-0.15, -0.1) is 0 Å². The average Bonchev–Trinajstić information content (AvgIpc) is 3.32. The van der Waals surface area contributed by atoms with Crippen LogP contribution in [0.1, 0.15) is 53.4 Å². The van der Waals surface area contributed by atoms with Gasteiger partial charge in [0.15, 0.2) is 0 Å². The first-order chi connectivity index (χ1) is 9.55. The Balaban J connectivity index is 2.33. The molecule has 20 heavy (non-hydrogen) atoms. The number of benzene rings is 1. The second-order valence-electron chi connectivity index (χ2n) is 6.35. The molecule has 0 heterocycles. The number of ether oxygens (including phenoxy) is 1. The van der Waals surface area contributed by atoms with E-state index in [1.165, 1.54) is 31.4 Å². The van der Waals surface area contributed by atoms with E-state index in [1.54, 1.807) is 7.11 Å². The van der Waals surface area contributed by atoms with E-state index in [0.29, 0.717) is 6.04 Å². The Morgan fingerprint density at radius 1 is 1.20 bits per heavy atom. The topological polar surface area (TPSA) is 12.5 Å². The molecule has 0 saturated heterocycles. The zero-order valence-corrected chi connectivity index (χ0v) is 13.6. The predicted molar refractivity (Wildman–Crippen MR) is 86.6 cm³/mol. The van der Waals surface area contributed by atoms with Crippen LogP contribution in [0.5, 0.6) is 5.75 Å². The van der Waals surface area contributed by atoms with Crippen LogP contribution in [0.3, 0.4) is 0 Å². The van der Waals surface area contributed by atoms with Crippen LogP contribution in [-0.2, 0) is 0 Å². The van der Waals surface area contributed by atoms with Crippen LogP contribution in [0, 0.1) is 5.92 Å². The van der Waals surface area contributed by atoms with Crippen molar-refractivity contribution in [3.05, 3.63) is 24.3 Å². The van der Waals surface area contributed by atoms with Gasteiger partial charge in [0.2, 0.25) is 0 Å². The lowest BCUT2D eigenvalue weighted by Crippen LogP contribution is -2.51. The van der Waals surface area contributed by atoms with E-state index < -0.39 is 0 Å². The third-order valence-corrected chi connectivity index (χ3v) is 5.17. The van der Waals surface area contributed by atoms with Crippen LogP contribution >= 0.6 is 0 Å². The minimum absolute atomic E-state index is 0.233. The van der Waals surface area contributed by atoms with E-state index in [1.807, 2.05) is 0 Å². The van der Waals surface area contributed by atoms with E-state index in [9.17, 15) is 0 Å². The van der Waals surface area contributed by atoms with Crippen molar-refractivity contribution in [3.8, 4) is 5.75 Å². The highest BCUT2D eigenvalue weighted by Crippen LogP contribution is 2.41. The molecule has 1 aliphatic carbocycles. The highest BCUT2D eigenvalue weighted by molar-refractivity contribution is 5.52. The molecule has 0 aliphatic heterocycles. The summed E-state index contributed by atoms with van der Waals surface area (Å²) in [6.45, 7) is 9.40. The average molecular weight is 275 g/mol. The standard InChI is InChI=1S/C18H29NO/c1-6-18(4,7-2)19(14(3)15-8-9-15)16-10-12-17(20-5)13-11-16/h10-15H,6-9H2,1-5H3. The first-order valence-electron chi connectivity index (χ1n) is 7.99. The van der Waals surface area contributed by atoms with Crippen molar-refractivity contribution in [1.82, 2.24) is 0 Å². The molecule has 2 nitrogen and oxygen atoms in total. The highest BCUT2D eigenvalue weighted by Gasteiger charge is 2.39. The minimum atomic E-state index is 0.233. The van der Waals surface area contributed by atoms with Gasteiger partial charge in [-0.1, -0.05) is 13.8 Å². The van der Waals surface area contributed by atoms with E-state index in [-0.39, 0.29) is 5.54 Å². The number of hydrogen-bond acceptors (Lipinski definition) is 2. The maximum absolute atomic E-state index is 5.29. The van der Waals surface area contributed by atoms with Gasteiger partial charge in [-0.2, -0.15) is 0 Å². The lowest BCUT2D eigenvalue weighted by atomic mass is 9.89. The van der Waals surface area contributed by atoms with Crippen LogP contribution in [0.2, 0.25) is 0 Å². The van der Waals surface area contributed by atoms with Crippen LogP contribution in [-0.4, -0.2) is 18.7 Å². The predicted octanol–water partition coefficient (Wildman–Crippen LogP) is 4.88. The molecule has 1 saturated carbocycles. The van der Waals surface area contributed by atoms with Crippen LogP contribution in [0.25, 0.3) is 0 Å². The van der Waals surface area contributed by atoms with E-state index in [4.69, 9.17) is 4.74 Å². The molecular formula is C18H29NO. The molecule has 112 valence electrons.